The third kappa shape index (κ3) is 29.1. The number of anilines is 1. The van der Waals surface area contributed by atoms with Gasteiger partial charge in [0.25, 0.3) is 0 Å². The molecular weight excluding hydrogens is 2140 g/mol. The number of para-hydroxylation sites is 1. The first kappa shape index (κ1) is 109. The van der Waals surface area contributed by atoms with Crippen LogP contribution in [0.5, 0.6) is 0 Å². The van der Waals surface area contributed by atoms with Crippen molar-refractivity contribution < 1.29 is 40.2 Å². The Bertz CT molecular complexity index is 6310. The Hall–Kier alpha value is -12.1. The molecule has 5 aromatic heterocycles. The molecule has 1 atom stereocenters. The number of allylic oxidation sites excluding steroid dienone is 1. The van der Waals surface area contributed by atoms with E-state index in [-0.39, 0.29) is 46.4 Å². The topological polar surface area (TPSA) is 91.7 Å². The number of hydrogen-bond donors (Lipinski definition) is 0. The number of aromatic nitrogens is 7. The predicted molar refractivity (Wildman–Crippen MR) is 607 cm³/mol. The molecule has 26 rings (SSSR count). The van der Waals surface area contributed by atoms with Gasteiger partial charge in [-0.2, -0.15) is 35.9 Å². The first-order valence-electron chi connectivity index (χ1n) is 54.7. The number of nitrogens with zero attached hydrogens (tertiary/aromatic N) is 9. The molecule has 0 amide bonds. The number of imidazole rings is 2. The Kier molecular flexibility index (Phi) is 40.2. The largest absolute Gasteiger partial charge is 3.00 e. The summed E-state index contributed by atoms with van der Waals surface area (Å²) in [4.78, 5) is 27.8. The molecule has 0 saturated heterocycles. The fourth-order valence-corrected chi connectivity index (χ4v) is 21.0. The maximum atomic E-state index is 5.59. The van der Waals surface area contributed by atoms with Gasteiger partial charge in [-0.05, 0) is 251 Å². The van der Waals surface area contributed by atoms with Gasteiger partial charge in [0.15, 0.2) is 0 Å². The summed E-state index contributed by atoms with van der Waals surface area (Å²) in [7, 11) is 0. The Balaban J connectivity index is 0.000000246. The van der Waals surface area contributed by atoms with Crippen molar-refractivity contribution in [3.63, 3.8) is 0 Å². The molecule has 9 nitrogen and oxygen atoms in total. The van der Waals surface area contributed by atoms with Crippen LogP contribution in [0.25, 0.3) is 95.5 Å². The Morgan fingerprint density at radius 2 is 0.673 bits per heavy atom. The zero-order chi connectivity index (χ0) is 100. The van der Waals surface area contributed by atoms with Gasteiger partial charge in [0.2, 0.25) is 0 Å². The molecule has 0 N–H and O–H groups in total. The van der Waals surface area contributed by atoms with Crippen molar-refractivity contribution in [2.45, 2.75) is 305 Å². The zero-order valence-electron chi connectivity index (χ0n) is 88.9. The van der Waals surface area contributed by atoms with Crippen molar-refractivity contribution in [2.75, 3.05) is 4.90 Å². The Morgan fingerprint density at radius 1 is 0.299 bits per heavy atom. The molecular formula is C136H149Ir2N9. The monoisotopic (exact) mass is 2290 g/mol. The van der Waals surface area contributed by atoms with Crippen LogP contribution in [0.2, 0.25) is 0 Å². The van der Waals surface area contributed by atoms with Crippen molar-refractivity contribution in [1.82, 2.24) is 34.1 Å². The average molecular weight is 2290 g/mol. The van der Waals surface area contributed by atoms with Crippen LogP contribution in [0.15, 0.2) is 310 Å². The van der Waals surface area contributed by atoms with Crippen LogP contribution >= 0.6 is 0 Å². The van der Waals surface area contributed by atoms with E-state index < -0.39 is 0 Å². The molecule has 11 heteroatoms. The number of benzene rings is 11. The number of unbranched alkanes of at least 4 members (excludes halogenated alkanes) is 4. The molecule has 147 heavy (non-hydrogen) atoms. The molecule has 4 aliphatic heterocycles. The minimum atomic E-state index is -0.164. The normalized spacial score (nSPS) is 14.0. The fourth-order valence-electron chi connectivity index (χ4n) is 21.0. The minimum Gasteiger partial charge on any atom is -0.665 e. The average Bonchev–Trinajstić information content (AvgIpc) is 1.72. The predicted octanol–water partition coefficient (Wildman–Crippen LogP) is 36.2. The second-order valence-corrected chi connectivity index (χ2v) is 42.5. The van der Waals surface area contributed by atoms with Crippen LogP contribution in [0.3, 0.4) is 0 Å². The van der Waals surface area contributed by atoms with Crippen LogP contribution < -0.4 is 4.90 Å². The molecule has 0 spiro atoms. The van der Waals surface area contributed by atoms with E-state index in [1.54, 1.807) is 0 Å². The maximum Gasteiger partial charge on any atom is 3.00 e. The van der Waals surface area contributed by atoms with Crippen LogP contribution in [-0.2, 0) is 98.0 Å². The molecule has 6 aliphatic carbocycles. The van der Waals surface area contributed by atoms with Gasteiger partial charge in [0, 0.05) is 53.6 Å². The molecule has 1 unspecified atom stereocenters. The van der Waals surface area contributed by atoms with E-state index in [0.29, 0.717) is 35.5 Å². The third-order valence-electron chi connectivity index (χ3n) is 29.4. The van der Waals surface area contributed by atoms with Crippen molar-refractivity contribution in [2.24, 2.45) is 0 Å². The first-order chi connectivity index (χ1) is 70.9. The van der Waals surface area contributed by atoms with Gasteiger partial charge in [0.1, 0.15) is 5.82 Å². The molecule has 0 radical (unpaired) electrons. The second kappa shape index (κ2) is 54.2. The van der Waals surface area contributed by atoms with Crippen molar-refractivity contribution >= 4 is 5.69 Å². The summed E-state index contributed by atoms with van der Waals surface area (Å²) in [6, 6.07) is 115. The van der Waals surface area contributed by atoms with E-state index in [9.17, 15) is 0 Å². The fraction of sp³-hybridized carbons (Fsp3) is 0.346. The summed E-state index contributed by atoms with van der Waals surface area (Å²) >= 11 is 0. The quantitative estimate of drug-likeness (QED) is 0.0396. The van der Waals surface area contributed by atoms with E-state index in [4.69, 9.17) is 30.2 Å². The van der Waals surface area contributed by atoms with Crippen LogP contribution in [0.1, 0.15) is 336 Å². The van der Waals surface area contributed by atoms with Crippen molar-refractivity contribution in [3.8, 4) is 90.2 Å². The van der Waals surface area contributed by atoms with Gasteiger partial charge in [-0.1, -0.05) is 319 Å². The van der Waals surface area contributed by atoms with E-state index in [2.05, 4.69) is 413 Å². The van der Waals surface area contributed by atoms with Gasteiger partial charge >= 0.3 is 40.2 Å². The molecule has 756 valence electrons. The van der Waals surface area contributed by atoms with E-state index in [0.717, 1.165) is 182 Å². The zero-order valence-corrected chi connectivity index (χ0v) is 93.7. The number of aryl methyl sites for hydroxylation is 9. The Labute approximate surface area is 907 Å². The third-order valence-corrected chi connectivity index (χ3v) is 29.4. The molecule has 11 aromatic carbocycles. The molecule has 16 aromatic rings. The van der Waals surface area contributed by atoms with Crippen molar-refractivity contribution in [3.05, 3.63) is 435 Å². The van der Waals surface area contributed by atoms with Gasteiger partial charge in [0.05, 0.1) is 17.2 Å². The minimum absolute atomic E-state index is 0. The summed E-state index contributed by atoms with van der Waals surface area (Å²) in [5.74, 6) is 3.99. The van der Waals surface area contributed by atoms with Crippen LogP contribution in [0.4, 0.5) is 5.69 Å². The number of pyridine rings is 3. The van der Waals surface area contributed by atoms with Gasteiger partial charge < -0.3 is 29.7 Å². The van der Waals surface area contributed by atoms with Gasteiger partial charge in [-0.15, -0.1) is 148 Å². The molecule has 10 aliphatic rings. The van der Waals surface area contributed by atoms with Crippen molar-refractivity contribution in [1.29, 1.82) is 0 Å². The molecule has 12 bridgehead atoms. The second-order valence-electron chi connectivity index (χ2n) is 42.5. The van der Waals surface area contributed by atoms with Gasteiger partial charge in [-0.25, -0.2) is 4.98 Å². The van der Waals surface area contributed by atoms with Gasteiger partial charge in [-0.3, -0.25) is 9.55 Å². The van der Waals surface area contributed by atoms with Crippen LogP contribution in [0, 0.1) is 30.3 Å². The summed E-state index contributed by atoms with van der Waals surface area (Å²) in [6.07, 6.45) is 44.6. The number of fused-ring (bicyclic) bond motifs is 3. The summed E-state index contributed by atoms with van der Waals surface area (Å²) < 4.78 is 4.83. The summed E-state index contributed by atoms with van der Waals surface area (Å²) in [5.41, 5.74) is 39.3. The summed E-state index contributed by atoms with van der Waals surface area (Å²) in [6.45, 7) is 27.8. The summed E-state index contributed by atoms with van der Waals surface area (Å²) in [5, 5.41) is 5.50. The first-order valence-corrected chi connectivity index (χ1v) is 54.7. The van der Waals surface area contributed by atoms with Crippen LogP contribution in [-0.4, -0.2) is 34.1 Å². The van der Waals surface area contributed by atoms with E-state index in [1.807, 2.05) is 18.2 Å². The number of rotatable bonds is 26. The molecule has 9 heterocycles. The van der Waals surface area contributed by atoms with E-state index >= 15 is 0 Å². The molecule has 0 saturated carbocycles. The smallest absolute Gasteiger partial charge is 0.665 e. The molecule has 0 fully saturated rings. The SMILES string of the molecule is CC(C)c1cc(-c2ccccc2)cc(C(C)C)c1N1C=C(CCCCc2ccc(-c3nc(CCCCCCc4cn(-c5c(C(C)C)cccc5C(C)C)c(-c5[c-]cccc5)n4)cn3-c3c(C(C)C)cc(-c4ccccc4)cc3C(C)C)cc2)[N-]C1c1[c-]cccc1.[Ir+3].[Ir+3].[c-]1cc2ccc1-c1ccc(cn1)CCCCCCc1c[c-]c(cc1)-c1ccc(cn1)CCCCCCc1c[c-]c(cc1)-c1ccc(cn1)CCCCCC2. The maximum absolute atomic E-state index is 5.59. The number of hydrogen-bond acceptors (Lipinski definition) is 6. The van der Waals surface area contributed by atoms with E-state index in [1.165, 1.54) is 189 Å². The Morgan fingerprint density at radius 3 is 1.06 bits per heavy atom. The standard InChI is InChI=1S/C85H95N6.C51H54N3.2Ir/c1-57(2)74-44-31-45-75(58(3)4)80(74)89-54-71(86-83(89)66-37-23-17-24-38-66)41-27-13-14-28-42-72-55-91(82-78(61(9)10)52-70(53-79(82)62(11)12)65-35-21-16-22-36-65)85(88-72)68-48-46-63(47-49-68)32-29-30-43-73-56-90(84(87-73)67-39-25-18-26-40-67)81-76(59(5)6)50-69(51-77(81)60(7)8)64-33-19-15-20-34-64;1-4-10-16-43-25-34-49(52-37-43)47-30-21-41(22-31-47)14-8-3-6-12-18-45-27-36-51(54-39-45)48-32-23-42(24-33-48)15-9-2-5-11-17-44-26-35-50(53-38-44)46-28-19-40(13-7-1)20-29-46;;/h15-26,31,33-37,39,44-62,84H,13-14,27-30,32,41-43H2,1-12H3;19-28,30,32,34-39H,1-18H2;;/q2*-3;2*+3.